The van der Waals surface area contributed by atoms with E-state index in [-0.39, 0.29) is 11.2 Å². The normalized spacial score (nSPS) is 11.8. The first-order chi connectivity index (χ1) is 9.09. The lowest BCUT2D eigenvalue weighted by Gasteiger charge is -2.30. The number of hydrogen-bond acceptors (Lipinski definition) is 1. The third-order valence-corrected chi connectivity index (χ3v) is 6.93. The molecule has 0 bridgehead atoms. The molecule has 0 unspecified atom stereocenters. The van der Waals surface area contributed by atoms with Gasteiger partial charge in [0.25, 0.3) is 0 Å². The third-order valence-electron chi connectivity index (χ3n) is 3.08. The number of rotatable bonds is 5. The molecule has 102 valence electrons. The second-order valence-corrected chi connectivity index (χ2v) is 7.50. The van der Waals surface area contributed by atoms with Crippen LogP contribution in [0.4, 0.5) is 4.39 Å². The first kappa shape index (κ1) is 15.7. The standard InChI is InChI=1S/C14H12Br3FS/c15-8-14(9-16,6-13-5-11(17)7-19-13)10-2-1-3-12(18)4-10/h1-5,7H,6,8-9H2. The van der Waals surface area contributed by atoms with Crippen molar-refractivity contribution in [3.8, 4) is 0 Å². The third kappa shape index (κ3) is 3.69. The molecule has 1 aromatic heterocycles. The molecule has 0 radical (unpaired) electrons. The molecule has 0 aliphatic heterocycles. The van der Waals surface area contributed by atoms with Gasteiger partial charge in [-0.05, 0) is 46.1 Å². The summed E-state index contributed by atoms with van der Waals surface area (Å²) in [6.45, 7) is 0. The molecule has 0 N–H and O–H groups in total. The van der Waals surface area contributed by atoms with Crippen LogP contribution in [0, 0.1) is 5.82 Å². The lowest BCUT2D eigenvalue weighted by atomic mass is 9.81. The molecular weight excluding hydrogens is 459 g/mol. The molecule has 0 spiro atoms. The van der Waals surface area contributed by atoms with E-state index >= 15 is 0 Å². The van der Waals surface area contributed by atoms with Crippen molar-refractivity contribution in [1.29, 1.82) is 0 Å². The SMILES string of the molecule is Fc1cccc(C(CBr)(CBr)Cc2cc(Br)cs2)c1. The number of hydrogen-bond donors (Lipinski definition) is 0. The molecule has 1 aromatic carbocycles. The first-order valence-corrected chi connectivity index (χ1v) is 9.62. The van der Waals surface area contributed by atoms with Crippen molar-refractivity contribution in [2.45, 2.75) is 11.8 Å². The van der Waals surface area contributed by atoms with E-state index in [0.717, 1.165) is 27.1 Å². The fourth-order valence-corrected chi connectivity index (χ4v) is 5.55. The Kier molecular flexibility index (Phi) is 5.64. The summed E-state index contributed by atoms with van der Waals surface area (Å²) >= 11 is 12.4. The molecule has 2 rings (SSSR count). The largest absolute Gasteiger partial charge is 0.207 e. The van der Waals surface area contributed by atoms with Crippen molar-refractivity contribution in [2.24, 2.45) is 0 Å². The van der Waals surface area contributed by atoms with Crippen molar-refractivity contribution in [3.05, 3.63) is 56.4 Å². The van der Waals surface area contributed by atoms with Gasteiger partial charge in [0.1, 0.15) is 5.82 Å². The van der Waals surface area contributed by atoms with Crippen molar-refractivity contribution in [1.82, 2.24) is 0 Å². The van der Waals surface area contributed by atoms with Gasteiger partial charge in [0.2, 0.25) is 0 Å². The Bertz CT molecular complexity index is 549. The van der Waals surface area contributed by atoms with E-state index < -0.39 is 0 Å². The zero-order valence-corrected chi connectivity index (χ0v) is 15.6. The van der Waals surface area contributed by atoms with Crippen LogP contribution >= 0.6 is 59.1 Å². The van der Waals surface area contributed by atoms with Crippen LogP contribution in [0.1, 0.15) is 10.4 Å². The van der Waals surface area contributed by atoms with Crippen molar-refractivity contribution >= 4 is 59.1 Å². The molecule has 2 aromatic rings. The highest BCUT2D eigenvalue weighted by molar-refractivity contribution is 9.10. The van der Waals surface area contributed by atoms with E-state index in [9.17, 15) is 4.39 Å². The Morgan fingerprint density at radius 1 is 1.16 bits per heavy atom. The van der Waals surface area contributed by atoms with E-state index in [0.29, 0.717) is 0 Å². The maximum atomic E-state index is 13.5. The predicted octanol–water partition coefficient (Wildman–Crippen LogP) is 5.92. The molecule has 0 saturated heterocycles. The van der Waals surface area contributed by atoms with Gasteiger partial charge >= 0.3 is 0 Å². The van der Waals surface area contributed by atoms with Gasteiger partial charge in [-0.15, -0.1) is 11.3 Å². The minimum atomic E-state index is -0.184. The number of benzene rings is 1. The van der Waals surface area contributed by atoms with Crippen LogP contribution in [0.5, 0.6) is 0 Å². The fourth-order valence-electron chi connectivity index (χ4n) is 1.98. The smallest absolute Gasteiger partial charge is 0.123 e. The van der Waals surface area contributed by atoms with E-state index in [4.69, 9.17) is 0 Å². The summed E-state index contributed by atoms with van der Waals surface area (Å²) in [5.74, 6) is -0.184. The van der Waals surface area contributed by atoms with E-state index in [2.05, 4.69) is 59.2 Å². The molecule has 1 heterocycles. The van der Waals surface area contributed by atoms with Gasteiger partial charge in [-0.3, -0.25) is 0 Å². The van der Waals surface area contributed by atoms with Crippen LogP contribution in [0.25, 0.3) is 0 Å². The molecule has 0 aliphatic carbocycles. The Labute approximate surface area is 141 Å². The summed E-state index contributed by atoms with van der Waals surface area (Å²) in [6.07, 6.45) is 0.878. The molecule has 0 fully saturated rings. The van der Waals surface area contributed by atoms with Crippen molar-refractivity contribution < 1.29 is 4.39 Å². The summed E-state index contributed by atoms with van der Waals surface area (Å²) in [6, 6.07) is 9.01. The molecule has 0 amide bonds. The van der Waals surface area contributed by atoms with Crippen LogP contribution in [0.3, 0.4) is 0 Å². The average Bonchev–Trinajstić information content (AvgIpc) is 2.81. The lowest BCUT2D eigenvalue weighted by molar-refractivity contribution is 0.545. The molecule has 5 heteroatoms. The summed E-state index contributed by atoms with van der Waals surface area (Å²) in [7, 11) is 0. The minimum Gasteiger partial charge on any atom is -0.207 e. The highest BCUT2D eigenvalue weighted by Gasteiger charge is 2.31. The number of halogens is 4. The van der Waals surface area contributed by atoms with Crippen molar-refractivity contribution in [2.75, 3.05) is 10.7 Å². The van der Waals surface area contributed by atoms with Crippen LogP contribution < -0.4 is 0 Å². The van der Waals surface area contributed by atoms with Gasteiger partial charge in [0.05, 0.1) is 0 Å². The van der Waals surface area contributed by atoms with Gasteiger partial charge in [0, 0.05) is 30.8 Å². The van der Waals surface area contributed by atoms with Crippen molar-refractivity contribution in [3.63, 3.8) is 0 Å². The maximum Gasteiger partial charge on any atom is 0.123 e. The average molecular weight is 471 g/mol. The highest BCUT2D eigenvalue weighted by atomic mass is 79.9. The fraction of sp³-hybridized carbons (Fsp3) is 0.286. The predicted molar refractivity (Wildman–Crippen MR) is 91.4 cm³/mol. The lowest BCUT2D eigenvalue weighted by Crippen LogP contribution is -2.32. The second kappa shape index (κ2) is 6.83. The van der Waals surface area contributed by atoms with Crippen LogP contribution in [-0.2, 0) is 11.8 Å². The van der Waals surface area contributed by atoms with E-state index in [1.54, 1.807) is 23.5 Å². The van der Waals surface area contributed by atoms with Crippen LogP contribution in [0.2, 0.25) is 0 Å². The molecule has 0 aliphatic rings. The summed E-state index contributed by atoms with van der Waals surface area (Å²) in [5, 5.41) is 3.64. The zero-order valence-electron chi connectivity index (χ0n) is 10.0. The van der Waals surface area contributed by atoms with Crippen LogP contribution in [-0.4, -0.2) is 10.7 Å². The Morgan fingerprint density at radius 3 is 2.42 bits per heavy atom. The maximum absolute atomic E-state index is 13.5. The number of alkyl halides is 2. The molecular formula is C14H12Br3FS. The summed E-state index contributed by atoms with van der Waals surface area (Å²) < 4.78 is 14.6. The van der Waals surface area contributed by atoms with Crippen LogP contribution in [0.15, 0.2) is 40.2 Å². The van der Waals surface area contributed by atoms with E-state index in [1.807, 2.05) is 6.07 Å². The zero-order chi connectivity index (χ0) is 13.9. The molecule has 0 saturated carbocycles. The highest BCUT2D eigenvalue weighted by Crippen LogP contribution is 2.35. The van der Waals surface area contributed by atoms with Gasteiger partial charge in [-0.2, -0.15) is 0 Å². The minimum absolute atomic E-state index is 0.133. The summed E-state index contributed by atoms with van der Waals surface area (Å²) in [4.78, 5) is 1.29. The number of thiophene rings is 1. The molecule has 0 atom stereocenters. The quantitative estimate of drug-likeness (QED) is 0.476. The topological polar surface area (TPSA) is 0 Å². The second-order valence-electron chi connectivity index (χ2n) is 4.47. The summed E-state index contributed by atoms with van der Waals surface area (Å²) in [5.41, 5.74) is 0.887. The molecule has 0 nitrogen and oxygen atoms in total. The van der Waals surface area contributed by atoms with E-state index in [1.165, 1.54) is 10.9 Å². The first-order valence-electron chi connectivity index (χ1n) is 5.70. The van der Waals surface area contributed by atoms with Gasteiger partial charge in [0.15, 0.2) is 0 Å². The van der Waals surface area contributed by atoms with Gasteiger partial charge in [-0.25, -0.2) is 4.39 Å². The monoisotopic (exact) mass is 468 g/mol. The Morgan fingerprint density at radius 2 is 1.89 bits per heavy atom. The van der Waals surface area contributed by atoms with Gasteiger partial charge < -0.3 is 0 Å². The Hall–Kier alpha value is 0.290. The molecule has 19 heavy (non-hydrogen) atoms. The Balaban J connectivity index is 2.37. The van der Waals surface area contributed by atoms with Gasteiger partial charge in [-0.1, -0.05) is 44.0 Å².